The average Bonchev–Trinajstić information content (AvgIpc) is 2.37. The molecule has 0 bridgehead atoms. The van der Waals surface area contributed by atoms with Crippen LogP contribution in [0.4, 0.5) is 18.9 Å². The Morgan fingerprint density at radius 1 is 1.24 bits per heavy atom. The second-order valence-corrected chi connectivity index (χ2v) is 5.33. The molecule has 1 N–H and O–H groups in total. The first-order valence-corrected chi connectivity index (χ1v) is 6.84. The Morgan fingerprint density at radius 2 is 1.86 bits per heavy atom. The van der Waals surface area contributed by atoms with Crippen LogP contribution in [0.25, 0.3) is 0 Å². The van der Waals surface area contributed by atoms with Crippen molar-refractivity contribution in [3.05, 3.63) is 29.8 Å². The number of halogens is 3. The molecular weight excluding hydrogens is 283 g/mol. The summed E-state index contributed by atoms with van der Waals surface area (Å²) < 4.78 is 39.2. The highest BCUT2D eigenvalue weighted by atomic mass is 19.4. The van der Waals surface area contributed by atoms with Gasteiger partial charge in [-0.15, -0.1) is 0 Å². The third-order valence-electron chi connectivity index (χ3n) is 3.12. The van der Waals surface area contributed by atoms with Gasteiger partial charge < -0.3 is 10.0 Å². The molecule has 0 saturated carbocycles. The van der Waals surface area contributed by atoms with E-state index in [1.165, 1.54) is 23.1 Å². The van der Waals surface area contributed by atoms with Gasteiger partial charge in [0.05, 0.1) is 12.0 Å². The van der Waals surface area contributed by atoms with Crippen LogP contribution in [0.15, 0.2) is 24.3 Å². The van der Waals surface area contributed by atoms with Gasteiger partial charge >= 0.3 is 12.1 Å². The molecule has 6 heteroatoms. The Bertz CT molecular complexity index is 472. The monoisotopic (exact) mass is 303 g/mol. The van der Waals surface area contributed by atoms with E-state index in [9.17, 15) is 18.0 Å². The number of nitrogens with zero attached hydrogens (tertiary/aromatic N) is 1. The van der Waals surface area contributed by atoms with Crippen molar-refractivity contribution < 1.29 is 23.1 Å². The first kappa shape index (κ1) is 17.3. The Morgan fingerprint density at radius 3 is 2.38 bits per heavy atom. The third kappa shape index (κ3) is 5.65. The molecule has 0 fully saturated rings. The molecule has 118 valence electrons. The fourth-order valence-electron chi connectivity index (χ4n) is 1.99. The second kappa shape index (κ2) is 7.33. The molecule has 0 saturated heterocycles. The Labute approximate surface area is 122 Å². The third-order valence-corrected chi connectivity index (χ3v) is 3.12. The minimum absolute atomic E-state index is 0.0481. The minimum atomic E-state index is -4.45. The topological polar surface area (TPSA) is 40.5 Å². The van der Waals surface area contributed by atoms with Gasteiger partial charge in [-0.05, 0) is 24.5 Å². The Balaban J connectivity index is 3.03. The number of aliphatic carboxylic acids is 1. The van der Waals surface area contributed by atoms with Crippen molar-refractivity contribution in [3.63, 3.8) is 0 Å². The van der Waals surface area contributed by atoms with Gasteiger partial charge in [0.1, 0.15) is 0 Å². The number of carbonyl (C=O) groups is 1. The molecule has 1 rings (SSSR count). The maximum Gasteiger partial charge on any atom is 0.418 e. The molecule has 1 aromatic rings. The summed E-state index contributed by atoms with van der Waals surface area (Å²) in [5.74, 6) is -0.690. The summed E-state index contributed by atoms with van der Waals surface area (Å²) in [6.07, 6.45) is -3.94. The summed E-state index contributed by atoms with van der Waals surface area (Å²) in [6.45, 7) is 4.42. The standard InChI is InChI=1S/C15H20F3NO2/c1-11(2)7-9-19(10-8-14(20)21)13-6-4-3-5-12(13)15(16,17)18/h3-6,11H,7-10H2,1-2H3,(H,20,21). The van der Waals surface area contributed by atoms with Crippen LogP contribution in [-0.2, 0) is 11.0 Å². The number of alkyl halides is 3. The number of hydrogen-bond donors (Lipinski definition) is 1. The fraction of sp³-hybridized carbons (Fsp3) is 0.533. The molecule has 0 radical (unpaired) electrons. The lowest BCUT2D eigenvalue weighted by Crippen LogP contribution is -2.30. The lowest BCUT2D eigenvalue weighted by molar-refractivity contribution is -0.137. The van der Waals surface area contributed by atoms with Gasteiger partial charge in [-0.25, -0.2) is 0 Å². The molecule has 0 aliphatic rings. The molecule has 21 heavy (non-hydrogen) atoms. The number of rotatable bonds is 7. The number of para-hydroxylation sites is 1. The van der Waals surface area contributed by atoms with Gasteiger partial charge in [0.25, 0.3) is 0 Å². The number of hydrogen-bond acceptors (Lipinski definition) is 2. The van der Waals surface area contributed by atoms with Crippen LogP contribution in [-0.4, -0.2) is 24.2 Å². The Hall–Kier alpha value is -1.72. The fourth-order valence-corrected chi connectivity index (χ4v) is 1.99. The number of benzene rings is 1. The zero-order chi connectivity index (χ0) is 16.0. The Kier molecular flexibility index (Phi) is 6.05. The number of carboxylic acids is 1. The van der Waals surface area contributed by atoms with Gasteiger partial charge in [-0.2, -0.15) is 13.2 Å². The van der Waals surface area contributed by atoms with Crippen LogP contribution in [0.1, 0.15) is 32.3 Å². The molecule has 3 nitrogen and oxygen atoms in total. The van der Waals surface area contributed by atoms with Crippen molar-refractivity contribution in [1.82, 2.24) is 0 Å². The summed E-state index contributed by atoms with van der Waals surface area (Å²) in [5, 5.41) is 8.77. The van der Waals surface area contributed by atoms with Gasteiger partial charge in [0, 0.05) is 18.8 Å². The summed E-state index contributed by atoms with van der Waals surface area (Å²) in [7, 11) is 0. The first-order chi connectivity index (χ1) is 9.71. The van der Waals surface area contributed by atoms with E-state index in [4.69, 9.17) is 5.11 Å². The summed E-state index contributed by atoms with van der Waals surface area (Å²) in [5.41, 5.74) is -0.675. The molecule has 0 atom stereocenters. The first-order valence-electron chi connectivity index (χ1n) is 6.84. The van der Waals surface area contributed by atoms with E-state index in [0.717, 1.165) is 6.07 Å². The van der Waals surface area contributed by atoms with Crippen molar-refractivity contribution in [1.29, 1.82) is 0 Å². The zero-order valence-electron chi connectivity index (χ0n) is 12.2. The van der Waals surface area contributed by atoms with E-state index < -0.39 is 17.7 Å². The maximum atomic E-state index is 13.1. The maximum absolute atomic E-state index is 13.1. The molecule has 0 amide bonds. The summed E-state index contributed by atoms with van der Waals surface area (Å²) in [6, 6.07) is 5.29. The second-order valence-electron chi connectivity index (χ2n) is 5.33. The summed E-state index contributed by atoms with van der Waals surface area (Å²) >= 11 is 0. The van der Waals surface area contributed by atoms with Crippen LogP contribution in [0.5, 0.6) is 0 Å². The molecular formula is C15H20F3NO2. The van der Waals surface area contributed by atoms with Crippen LogP contribution in [0.2, 0.25) is 0 Å². The van der Waals surface area contributed by atoms with Crippen molar-refractivity contribution in [2.45, 2.75) is 32.9 Å². The summed E-state index contributed by atoms with van der Waals surface area (Å²) in [4.78, 5) is 12.2. The molecule has 0 heterocycles. The van der Waals surface area contributed by atoms with E-state index >= 15 is 0 Å². The van der Waals surface area contributed by atoms with Crippen molar-refractivity contribution >= 4 is 11.7 Å². The van der Waals surface area contributed by atoms with E-state index in [1.54, 1.807) is 0 Å². The van der Waals surface area contributed by atoms with E-state index in [-0.39, 0.29) is 18.7 Å². The van der Waals surface area contributed by atoms with E-state index in [0.29, 0.717) is 18.9 Å². The van der Waals surface area contributed by atoms with Crippen molar-refractivity contribution in [3.8, 4) is 0 Å². The normalized spacial score (nSPS) is 11.7. The van der Waals surface area contributed by atoms with E-state index in [1.807, 2.05) is 13.8 Å². The van der Waals surface area contributed by atoms with Crippen LogP contribution >= 0.6 is 0 Å². The van der Waals surface area contributed by atoms with Crippen LogP contribution in [0, 0.1) is 5.92 Å². The highest BCUT2D eigenvalue weighted by Gasteiger charge is 2.34. The molecule has 0 spiro atoms. The molecule has 0 aliphatic carbocycles. The van der Waals surface area contributed by atoms with Gasteiger partial charge in [0.2, 0.25) is 0 Å². The van der Waals surface area contributed by atoms with Gasteiger partial charge in [0.15, 0.2) is 0 Å². The zero-order valence-corrected chi connectivity index (χ0v) is 12.2. The average molecular weight is 303 g/mol. The highest BCUT2D eigenvalue weighted by Crippen LogP contribution is 2.36. The van der Waals surface area contributed by atoms with E-state index in [2.05, 4.69) is 0 Å². The van der Waals surface area contributed by atoms with Crippen LogP contribution < -0.4 is 4.90 Å². The quantitative estimate of drug-likeness (QED) is 0.826. The van der Waals surface area contributed by atoms with Crippen LogP contribution in [0.3, 0.4) is 0 Å². The molecule has 0 unspecified atom stereocenters. The highest BCUT2D eigenvalue weighted by molar-refractivity contribution is 5.68. The molecule has 0 aromatic heterocycles. The lowest BCUT2D eigenvalue weighted by Gasteiger charge is -2.28. The number of carboxylic acid groups (broad SMARTS) is 1. The minimum Gasteiger partial charge on any atom is -0.481 e. The van der Waals surface area contributed by atoms with Gasteiger partial charge in [-0.3, -0.25) is 4.79 Å². The lowest BCUT2D eigenvalue weighted by atomic mass is 10.1. The predicted molar refractivity (Wildman–Crippen MR) is 75.4 cm³/mol. The molecule has 0 aliphatic heterocycles. The van der Waals surface area contributed by atoms with Crippen molar-refractivity contribution in [2.24, 2.45) is 5.92 Å². The number of anilines is 1. The largest absolute Gasteiger partial charge is 0.481 e. The SMILES string of the molecule is CC(C)CCN(CCC(=O)O)c1ccccc1C(F)(F)F. The van der Waals surface area contributed by atoms with Gasteiger partial charge in [-0.1, -0.05) is 26.0 Å². The van der Waals surface area contributed by atoms with Crippen molar-refractivity contribution in [2.75, 3.05) is 18.0 Å². The predicted octanol–water partition coefficient (Wildman–Crippen LogP) is 4.03. The smallest absolute Gasteiger partial charge is 0.418 e. The molecule has 1 aromatic carbocycles.